The van der Waals surface area contributed by atoms with Crippen molar-refractivity contribution in [1.82, 2.24) is 4.90 Å². The largest absolute Gasteiger partial charge is 0.491 e. The molecule has 3 aromatic carbocycles. The Morgan fingerprint density at radius 2 is 1.45 bits per heavy atom. The second-order valence-electron chi connectivity index (χ2n) is 12.2. The minimum absolute atomic E-state index is 0.149. The first-order chi connectivity index (χ1) is 21.2. The van der Waals surface area contributed by atoms with E-state index in [0.717, 1.165) is 58.8 Å². The van der Waals surface area contributed by atoms with E-state index in [0.29, 0.717) is 18.0 Å². The highest BCUT2D eigenvalue weighted by molar-refractivity contribution is 5.99. The number of allylic oxidation sites excluding steroid dienone is 1. The fourth-order valence-corrected chi connectivity index (χ4v) is 5.44. The zero-order valence-corrected chi connectivity index (χ0v) is 26.1. The summed E-state index contributed by atoms with van der Waals surface area (Å²) < 4.78 is 28.2. The third kappa shape index (κ3) is 7.92. The molecule has 2 heterocycles. The fraction of sp³-hybridized carbons (Fsp3) is 0.417. The van der Waals surface area contributed by atoms with Gasteiger partial charge in [0.25, 0.3) is 0 Å². The molecule has 1 atom stereocenters. The van der Waals surface area contributed by atoms with Crippen LogP contribution in [0.2, 0.25) is 0 Å². The number of esters is 1. The Morgan fingerprint density at radius 3 is 2.07 bits per heavy atom. The Morgan fingerprint density at radius 1 is 0.864 bits per heavy atom. The van der Waals surface area contributed by atoms with Crippen molar-refractivity contribution in [2.75, 3.05) is 39.8 Å². The van der Waals surface area contributed by atoms with Gasteiger partial charge in [-0.05, 0) is 117 Å². The normalized spacial score (nSPS) is 15.9. The molecule has 234 valence electrons. The zero-order valence-electron chi connectivity index (χ0n) is 26.1. The summed E-state index contributed by atoms with van der Waals surface area (Å²) in [4.78, 5) is 14.4. The summed E-state index contributed by atoms with van der Waals surface area (Å²) in [5.74, 6) is 2.48. The van der Waals surface area contributed by atoms with E-state index >= 15 is 0 Å². The first kappa shape index (κ1) is 31.4. The average molecular weight is 602 g/mol. The number of hydrogen-bond acceptors (Lipinski definition) is 8. The Bertz CT molecular complexity index is 1430. The average Bonchev–Trinajstić information content (AvgIpc) is 3.71. The Balaban J connectivity index is 1.38. The number of hydrogen-bond donors (Lipinski definition) is 1. The lowest BCUT2D eigenvalue weighted by Gasteiger charge is -2.20. The van der Waals surface area contributed by atoms with Crippen LogP contribution in [0.1, 0.15) is 63.6 Å². The number of benzene rings is 3. The lowest BCUT2D eigenvalue weighted by molar-refractivity contribution is -0.159. The molecule has 8 nitrogen and oxygen atoms in total. The number of likely N-dealkylation sites (tertiary alicyclic amines) is 1. The molecule has 2 aliphatic rings. The minimum Gasteiger partial charge on any atom is -0.491 e. The number of carbonyl (C=O) groups is 1. The highest BCUT2D eigenvalue weighted by Gasteiger charge is 2.23. The van der Waals surface area contributed by atoms with Gasteiger partial charge in [0.1, 0.15) is 24.2 Å². The van der Waals surface area contributed by atoms with Crippen molar-refractivity contribution in [3.63, 3.8) is 0 Å². The molecule has 1 fully saturated rings. The highest BCUT2D eigenvalue weighted by Crippen LogP contribution is 2.40. The lowest BCUT2D eigenvalue weighted by atomic mass is 9.88. The standard InChI is InChI=1S/C36H43NO7/c1-5-31(27-12-17-32-33(20-27)43-24-42-32)34(26-10-15-30(16-11-26)41-23-44-35(39)36(2,3)4)25-8-13-29(14-9-25)40-22-28(38)21-37-18-6-7-19-37/h8-17,20,28,38H,5-7,18-19,21-24H2,1-4H3/b34-31+. The SMILES string of the molecule is CC/C(=C(\c1ccc(OCOC(=O)C(C)(C)C)cc1)c1ccc(OCC(O)CN2CCCC2)cc1)c1ccc2c(c1)OCO2. The van der Waals surface area contributed by atoms with Crippen LogP contribution in [-0.2, 0) is 9.53 Å². The molecule has 8 heteroatoms. The molecule has 1 unspecified atom stereocenters. The van der Waals surface area contributed by atoms with E-state index in [9.17, 15) is 9.90 Å². The number of carbonyl (C=O) groups excluding carboxylic acids is 1. The van der Waals surface area contributed by atoms with Gasteiger partial charge >= 0.3 is 5.97 Å². The third-order valence-electron chi connectivity index (χ3n) is 7.80. The van der Waals surface area contributed by atoms with E-state index in [1.165, 1.54) is 12.8 Å². The van der Waals surface area contributed by atoms with Crippen LogP contribution in [0.25, 0.3) is 11.1 Å². The number of rotatable bonds is 12. The topological polar surface area (TPSA) is 86.7 Å². The molecule has 1 saturated heterocycles. The summed E-state index contributed by atoms with van der Waals surface area (Å²) in [6, 6.07) is 21.8. The van der Waals surface area contributed by atoms with Crippen molar-refractivity contribution in [1.29, 1.82) is 0 Å². The fourth-order valence-electron chi connectivity index (χ4n) is 5.44. The van der Waals surface area contributed by atoms with Crippen molar-refractivity contribution < 1.29 is 33.6 Å². The molecule has 0 spiro atoms. The van der Waals surface area contributed by atoms with Crippen LogP contribution in [0.4, 0.5) is 0 Å². The molecule has 44 heavy (non-hydrogen) atoms. The van der Waals surface area contributed by atoms with Gasteiger partial charge < -0.3 is 33.7 Å². The maximum absolute atomic E-state index is 12.1. The van der Waals surface area contributed by atoms with Crippen LogP contribution >= 0.6 is 0 Å². The molecule has 0 saturated carbocycles. The first-order valence-electron chi connectivity index (χ1n) is 15.4. The molecule has 1 N–H and O–H groups in total. The number of ether oxygens (including phenoxy) is 5. The van der Waals surface area contributed by atoms with Crippen LogP contribution in [0.5, 0.6) is 23.0 Å². The predicted octanol–water partition coefficient (Wildman–Crippen LogP) is 6.55. The van der Waals surface area contributed by atoms with E-state index in [2.05, 4.69) is 30.0 Å². The number of aliphatic hydroxyl groups is 1. The van der Waals surface area contributed by atoms with Crippen molar-refractivity contribution in [2.45, 2.75) is 53.1 Å². The summed E-state index contributed by atoms with van der Waals surface area (Å²) in [7, 11) is 0. The minimum atomic E-state index is -0.591. The van der Waals surface area contributed by atoms with Crippen molar-refractivity contribution in [2.24, 2.45) is 5.41 Å². The van der Waals surface area contributed by atoms with Gasteiger partial charge in [0.2, 0.25) is 13.6 Å². The number of aliphatic hydroxyl groups excluding tert-OH is 1. The summed E-state index contributed by atoms with van der Waals surface area (Å²) in [5, 5.41) is 10.5. The molecule has 0 aromatic heterocycles. The second kappa shape index (κ2) is 14.2. The maximum Gasteiger partial charge on any atom is 0.314 e. The van der Waals surface area contributed by atoms with Crippen LogP contribution in [0.15, 0.2) is 66.7 Å². The summed E-state index contributed by atoms with van der Waals surface area (Å²) >= 11 is 0. The Kier molecular flexibility index (Phi) is 10.1. The van der Waals surface area contributed by atoms with E-state index in [1.54, 1.807) is 20.8 Å². The van der Waals surface area contributed by atoms with Gasteiger partial charge in [-0.25, -0.2) is 0 Å². The van der Waals surface area contributed by atoms with Crippen molar-refractivity contribution in [3.8, 4) is 23.0 Å². The van der Waals surface area contributed by atoms with Crippen LogP contribution < -0.4 is 18.9 Å². The molecule has 0 aliphatic carbocycles. The van der Waals surface area contributed by atoms with Crippen LogP contribution in [0, 0.1) is 5.41 Å². The van der Waals surface area contributed by atoms with Gasteiger partial charge in [0, 0.05) is 6.54 Å². The third-order valence-corrected chi connectivity index (χ3v) is 7.80. The summed E-state index contributed by atoms with van der Waals surface area (Å²) in [6.07, 6.45) is 2.63. The summed E-state index contributed by atoms with van der Waals surface area (Å²) in [5.41, 5.74) is 4.70. The van der Waals surface area contributed by atoms with Gasteiger partial charge in [-0.15, -0.1) is 0 Å². The molecular weight excluding hydrogens is 558 g/mol. The molecule has 3 aromatic rings. The summed E-state index contributed by atoms with van der Waals surface area (Å²) in [6.45, 7) is 10.6. The number of nitrogens with zero attached hydrogens (tertiary/aromatic N) is 1. The number of β-amino-alcohol motifs (C(OH)–C–C–N with tert-alkyl or cyclic N) is 1. The van der Waals surface area contributed by atoms with Crippen LogP contribution in [0.3, 0.4) is 0 Å². The first-order valence-corrected chi connectivity index (χ1v) is 15.4. The van der Waals surface area contributed by atoms with E-state index in [-0.39, 0.29) is 26.2 Å². The monoisotopic (exact) mass is 601 g/mol. The molecule has 2 aliphatic heterocycles. The quantitative estimate of drug-likeness (QED) is 0.142. The predicted molar refractivity (Wildman–Crippen MR) is 170 cm³/mol. The molecule has 0 amide bonds. The lowest BCUT2D eigenvalue weighted by Crippen LogP contribution is -2.33. The van der Waals surface area contributed by atoms with Gasteiger partial charge in [-0.1, -0.05) is 37.3 Å². The molecule has 0 radical (unpaired) electrons. The molecular formula is C36H43NO7. The van der Waals surface area contributed by atoms with Gasteiger partial charge in [-0.3, -0.25) is 4.79 Å². The van der Waals surface area contributed by atoms with Gasteiger partial charge in [0.05, 0.1) is 5.41 Å². The zero-order chi connectivity index (χ0) is 31.1. The van der Waals surface area contributed by atoms with E-state index in [1.807, 2.05) is 48.5 Å². The number of fused-ring (bicyclic) bond motifs is 1. The Labute approximate surface area is 260 Å². The highest BCUT2D eigenvalue weighted by atomic mass is 16.7. The Hall–Kier alpha value is -4.01. The second-order valence-corrected chi connectivity index (χ2v) is 12.2. The smallest absolute Gasteiger partial charge is 0.314 e. The van der Waals surface area contributed by atoms with Crippen molar-refractivity contribution in [3.05, 3.63) is 83.4 Å². The van der Waals surface area contributed by atoms with Crippen molar-refractivity contribution >= 4 is 17.1 Å². The van der Waals surface area contributed by atoms with Crippen LogP contribution in [-0.4, -0.2) is 61.9 Å². The molecule has 5 rings (SSSR count). The van der Waals surface area contributed by atoms with Gasteiger partial charge in [0.15, 0.2) is 11.5 Å². The van der Waals surface area contributed by atoms with E-state index in [4.69, 9.17) is 23.7 Å². The van der Waals surface area contributed by atoms with E-state index < -0.39 is 11.5 Å². The van der Waals surface area contributed by atoms with Gasteiger partial charge in [-0.2, -0.15) is 0 Å². The molecule has 0 bridgehead atoms. The maximum atomic E-state index is 12.1.